The minimum absolute atomic E-state index is 0.601. The van der Waals surface area contributed by atoms with Crippen LogP contribution in [0.2, 0.25) is 0 Å². The molecule has 34 heavy (non-hydrogen) atoms. The first kappa shape index (κ1) is 21.9. The van der Waals surface area contributed by atoms with Crippen LogP contribution in [0.1, 0.15) is 36.1 Å². The Morgan fingerprint density at radius 1 is 0.882 bits per heavy atom. The smallest absolute Gasteiger partial charge is 0.216 e. The molecule has 0 fully saturated rings. The lowest BCUT2D eigenvalue weighted by Gasteiger charge is -2.08. The number of aromatic nitrogens is 1. The number of furan rings is 1. The summed E-state index contributed by atoms with van der Waals surface area (Å²) < 4.78 is 8.81. The first-order valence-corrected chi connectivity index (χ1v) is 11.8. The van der Waals surface area contributed by atoms with E-state index in [1.54, 1.807) is 0 Å². The summed E-state index contributed by atoms with van der Waals surface area (Å²) in [6, 6.07) is 23.5. The van der Waals surface area contributed by atoms with Crippen molar-refractivity contribution in [2.75, 3.05) is 0 Å². The van der Waals surface area contributed by atoms with Crippen LogP contribution in [0.15, 0.2) is 71.3 Å². The maximum atomic E-state index is 9.94. The summed E-state index contributed by atoms with van der Waals surface area (Å²) in [7, 11) is 2.06. The van der Waals surface area contributed by atoms with Crippen molar-refractivity contribution >= 4 is 21.9 Å². The van der Waals surface area contributed by atoms with Crippen LogP contribution < -0.4 is 4.57 Å². The summed E-state index contributed by atoms with van der Waals surface area (Å²) in [5.41, 5.74) is 10.0. The van der Waals surface area contributed by atoms with E-state index in [1.807, 2.05) is 12.1 Å². The third-order valence-electron chi connectivity index (χ3n) is 6.59. The van der Waals surface area contributed by atoms with Crippen molar-refractivity contribution in [3.05, 3.63) is 89.1 Å². The minimum atomic E-state index is 0.601. The van der Waals surface area contributed by atoms with E-state index in [2.05, 4.69) is 100 Å². The van der Waals surface area contributed by atoms with E-state index in [1.165, 1.54) is 11.1 Å². The fraction of sp³-hybridized carbons (Fsp3) is 0.226. The summed E-state index contributed by atoms with van der Waals surface area (Å²) in [6.45, 7) is 8.69. The number of nitriles is 1. The van der Waals surface area contributed by atoms with Gasteiger partial charge < -0.3 is 4.42 Å². The molecule has 3 aromatic carbocycles. The lowest BCUT2D eigenvalue weighted by Crippen LogP contribution is -2.30. The van der Waals surface area contributed by atoms with Crippen molar-refractivity contribution in [2.24, 2.45) is 13.0 Å². The molecule has 0 unspecified atom stereocenters. The molecular weight excluding hydrogens is 416 g/mol. The summed E-state index contributed by atoms with van der Waals surface area (Å²) in [4.78, 5) is 0. The Morgan fingerprint density at radius 3 is 2.24 bits per heavy atom. The zero-order valence-corrected chi connectivity index (χ0v) is 20.4. The Kier molecular flexibility index (Phi) is 5.46. The summed E-state index contributed by atoms with van der Waals surface area (Å²) >= 11 is 0. The molecule has 0 aliphatic carbocycles. The fourth-order valence-electron chi connectivity index (χ4n) is 4.90. The number of benzene rings is 3. The van der Waals surface area contributed by atoms with Crippen LogP contribution in [0.5, 0.6) is 0 Å². The minimum Gasteiger partial charge on any atom is -0.454 e. The first-order chi connectivity index (χ1) is 16.4. The van der Waals surface area contributed by atoms with Gasteiger partial charge in [-0.15, -0.1) is 0 Å². The van der Waals surface area contributed by atoms with Crippen molar-refractivity contribution in [2.45, 2.75) is 34.1 Å². The molecule has 0 bridgehead atoms. The standard InChI is InChI=1S/C31H29N2O/c1-19(2)16-22-7-9-23(10-8-22)29-24(18-32)11-13-26-25-12-6-21(4)28(30(25)34-31(26)29)27-17-20(3)14-15-33(27)5/h6-15,17,19H,16H2,1-5H3/q+1. The van der Waals surface area contributed by atoms with Gasteiger partial charge >= 0.3 is 0 Å². The van der Waals surface area contributed by atoms with Gasteiger partial charge in [0.2, 0.25) is 5.69 Å². The lowest BCUT2D eigenvalue weighted by atomic mass is 9.94. The summed E-state index contributed by atoms with van der Waals surface area (Å²) in [6.07, 6.45) is 3.12. The van der Waals surface area contributed by atoms with Crippen LogP contribution >= 0.6 is 0 Å². The second kappa shape index (κ2) is 8.47. The predicted molar refractivity (Wildman–Crippen MR) is 138 cm³/mol. The first-order valence-electron chi connectivity index (χ1n) is 11.8. The van der Waals surface area contributed by atoms with Gasteiger partial charge in [0.1, 0.15) is 18.2 Å². The van der Waals surface area contributed by atoms with Crippen LogP contribution in [0.4, 0.5) is 0 Å². The van der Waals surface area contributed by atoms with Gasteiger partial charge in [0, 0.05) is 28.5 Å². The molecule has 0 spiro atoms. The fourth-order valence-corrected chi connectivity index (χ4v) is 4.90. The van der Waals surface area contributed by atoms with Crippen molar-refractivity contribution in [1.29, 1.82) is 5.26 Å². The average Bonchev–Trinajstić information content (AvgIpc) is 3.19. The maximum absolute atomic E-state index is 9.94. The molecule has 5 rings (SSSR count). The highest BCUT2D eigenvalue weighted by Gasteiger charge is 2.23. The van der Waals surface area contributed by atoms with Gasteiger partial charge in [0.05, 0.1) is 17.2 Å². The molecule has 0 saturated heterocycles. The van der Waals surface area contributed by atoms with Crippen molar-refractivity contribution in [1.82, 2.24) is 0 Å². The highest BCUT2D eigenvalue weighted by atomic mass is 16.3. The van der Waals surface area contributed by atoms with Gasteiger partial charge in [-0.25, -0.2) is 4.57 Å². The van der Waals surface area contributed by atoms with Crippen LogP contribution in [-0.4, -0.2) is 0 Å². The molecular formula is C31H29N2O+. The number of nitrogens with zero attached hydrogens (tertiary/aromatic N) is 2. The maximum Gasteiger partial charge on any atom is 0.216 e. The van der Waals surface area contributed by atoms with Gasteiger partial charge in [-0.2, -0.15) is 5.26 Å². The Balaban J connectivity index is 1.80. The zero-order chi connectivity index (χ0) is 24.0. The number of fused-ring (bicyclic) bond motifs is 3. The number of rotatable bonds is 4. The van der Waals surface area contributed by atoms with E-state index in [4.69, 9.17) is 4.42 Å². The number of aryl methyl sites for hydroxylation is 3. The van der Waals surface area contributed by atoms with E-state index >= 15 is 0 Å². The molecule has 0 aliphatic rings. The predicted octanol–water partition coefficient (Wildman–Crippen LogP) is 7.43. The summed E-state index contributed by atoms with van der Waals surface area (Å²) in [5.74, 6) is 0.601. The quantitative estimate of drug-likeness (QED) is 0.270. The topological polar surface area (TPSA) is 40.8 Å². The number of pyridine rings is 1. The molecule has 0 radical (unpaired) electrons. The molecule has 5 aromatic rings. The van der Waals surface area contributed by atoms with Crippen LogP contribution in [0, 0.1) is 31.1 Å². The number of hydrogen-bond acceptors (Lipinski definition) is 2. The Hall–Kier alpha value is -3.90. The van der Waals surface area contributed by atoms with E-state index in [-0.39, 0.29) is 0 Å². The van der Waals surface area contributed by atoms with Gasteiger partial charge in [0.15, 0.2) is 6.20 Å². The highest BCUT2D eigenvalue weighted by molar-refractivity contribution is 6.14. The molecule has 0 aliphatic heterocycles. The SMILES string of the molecule is Cc1cc[n+](C)c(-c2c(C)ccc3c2oc2c(-c4ccc(CC(C)C)cc4)c(C#N)ccc23)c1. The Labute approximate surface area is 200 Å². The molecule has 3 nitrogen and oxygen atoms in total. The summed E-state index contributed by atoms with van der Waals surface area (Å²) in [5, 5.41) is 12.0. The van der Waals surface area contributed by atoms with Gasteiger partial charge in [0.25, 0.3) is 0 Å². The largest absolute Gasteiger partial charge is 0.454 e. The average molecular weight is 446 g/mol. The lowest BCUT2D eigenvalue weighted by molar-refractivity contribution is -0.660. The van der Waals surface area contributed by atoms with E-state index in [0.717, 1.165) is 56.3 Å². The zero-order valence-electron chi connectivity index (χ0n) is 20.4. The van der Waals surface area contributed by atoms with Crippen LogP contribution in [-0.2, 0) is 13.5 Å². The molecule has 0 atom stereocenters. The monoisotopic (exact) mass is 445 g/mol. The molecule has 3 heteroatoms. The Morgan fingerprint density at radius 2 is 1.56 bits per heavy atom. The van der Waals surface area contributed by atoms with E-state index < -0.39 is 0 Å². The highest BCUT2D eigenvalue weighted by Crippen LogP contribution is 2.42. The van der Waals surface area contributed by atoms with Gasteiger partial charge in [-0.3, -0.25) is 0 Å². The molecule has 168 valence electrons. The molecule has 0 N–H and O–H groups in total. The number of hydrogen-bond donors (Lipinski definition) is 0. The van der Waals surface area contributed by atoms with Gasteiger partial charge in [-0.05, 0) is 60.6 Å². The van der Waals surface area contributed by atoms with Crippen molar-refractivity contribution in [3.63, 3.8) is 0 Å². The second-order valence-electron chi connectivity index (χ2n) is 9.71. The molecule has 2 aromatic heterocycles. The third-order valence-corrected chi connectivity index (χ3v) is 6.59. The van der Waals surface area contributed by atoms with Crippen LogP contribution in [0.25, 0.3) is 44.3 Å². The van der Waals surface area contributed by atoms with Gasteiger partial charge in [-0.1, -0.05) is 50.2 Å². The van der Waals surface area contributed by atoms with E-state index in [9.17, 15) is 5.26 Å². The van der Waals surface area contributed by atoms with Crippen LogP contribution in [0.3, 0.4) is 0 Å². The van der Waals surface area contributed by atoms with Crippen molar-refractivity contribution in [3.8, 4) is 28.5 Å². The molecule has 2 heterocycles. The van der Waals surface area contributed by atoms with Crippen molar-refractivity contribution < 1.29 is 8.98 Å². The van der Waals surface area contributed by atoms with E-state index in [0.29, 0.717) is 11.5 Å². The second-order valence-corrected chi connectivity index (χ2v) is 9.71. The third kappa shape index (κ3) is 3.66. The molecule has 0 amide bonds. The Bertz CT molecular complexity index is 1580. The molecule has 0 saturated carbocycles. The normalized spacial score (nSPS) is 11.4.